The summed E-state index contributed by atoms with van der Waals surface area (Å²) in [6.07, 6.45) is 0.624. The molecule has 1 saturated heterocycles. The number of Topliss-reactive ketones (excluding diaryl/α,β-unsaturated/α-hetero) is 1. The standard InChI is InChI=1S/C8H14N2O2/c1-9-3-5-10-4-2-7(11)6-8(10)12/h9H,2-6H2,1H3. The molecule has 1 heterocycles. The molecule has 0 aliphatic carbocycles. The Labute approximate surface area is 71.9 Å². The summed E-state index contributed by atoms with van der Waals surface area (Å²) >= 11 is 0. The van der Waals surface area contributed by atoms with Crippen LogP contribution < -0.4 is 5.32 Å². The summed E-state index contributed by atoms with van der Waals surface area (Å²) in [6.45, 7) is 2.10. The molecule has 1 aliphatic rings. The highest BCUT2D eigenvalue weighted by atomic mass is 16.2. The van der Waals surface area contributed by atoms with E-state index in [-0.39, 0.29) is 18.1 Å². The van der Waals surface area contributed by atoms with Crippen molar-refractivity contribution in [3.8, 4) is 0 Å². The second kappa shape index (κ2) is 4.21. The molecule has 0 aromatic rings. The van der Waals surface area contributed by atoms with Gasteiger partial charge in [-0.25, -0.2) is 0 Å². The lowest BCUT2D eigenvalue weighted by Gasteiger charge is -2.25. The third kappa shape index (κ3) is 2.30. The van der Waals surface area contributed by atoms with Gasteiger partial charge in [0, 0.05) is 26.1 Å². The third-order valence-electron chi connectivity index (χ3n) is 1.99. The summed E-state index contributed by atoms with van der Waals surface area (Å²) < 4.78 is 0. The number of nitrogens with zero attached hydrogens (tertiary/aromatic N) is 1. The van der Waals surface area contributed by atoms with Crippen LogP contribution in [0.25, 0.3) is 0 Å². The number of carbonyl (C=O) groups is 2. The lowest BCUT2D eigenvalue weighted by Crippen LogP contribution is -2.42. The van der Waals surface area contributed by atoms with Crippen molar-refractivity contribution < 1.29 is 9.59 Å². The third-order valence-corrected chi connectivity index (χ3v) is 1.99. The number of likely N-dealkylation sites (N-methyl/N-ethyl adjacent to an activating group) is 1. The maximum Gasteiger partial charge on any atom is 0.230 e. The van der Waals surface area contributed by atoms with Crippen LogP contribution in [0.3, 0.4) is 0 Å². The van der Waals surface area contributed by atoms with Gasteiger partial charge in [0.05, 0.1) is 6.42 Å². The van der Waals surface area contributed by atoms with Gasteiger partial charge < -0.3 is 10.2 Å². The average Bonchev–Trinajstić information content (AvgIpc) is 2.03. The minimum Gasteiger partial charge on any atom is -0.341 e. The molecule has 0 aromatic heterocycles. The lowest BCUT2D eigenvalue weighted by molar-refractivity contribution is -0.139. The van der Waals surface area contributed by atoms with Gasteiger partial charge in [-0.3, -0.25) is 9.59 Å². The van der Waals surface area contributed by atoms with Crippen molar-refractivity contribution in [3.63, 3.8) is 0 Å². The number of hydrogen-bond donors (Lipinski definition) is 1. The van der Waals surface area contributed by atoms with Crippen LogP contribution in [0.1, 0.15) is 12.8 Å². The minimum atomic E-state index is -0.0264. The first-order valence-corrected chi connectivity index (χ1v) is 4.18. The van der Waals surface area contributed by atoms with E-state index < -0.39 is 0 Å². The molecule has 68 valence electrons. The SMILES string of the molecule is CNCCN1CCC(=O)CC1=O. The Morgan fingerprint density at radius 2 is 2.25 bits per heavy atom. The van der Waals surface area contributed by atoms with E-state index in [1.807, 2.05) is 7.05 Å². The monoisotopic (exact) mass is 170 g/mol. The Morgan fingerprint density at radius 1 is 1.50 bits per heavy atom. The van der Waals surface area contributed by atoms with Crippen molar-refractivity contribution in [2.75, 3.05) is 26.7 Å². The molecule has 4 heteroatoms. The van der Waals surface area contributed by atoms with Crippen LogP contribution in [-0.2, 0) is 9.59 Å². The lowest BCUT2D eigenvalue weighted by atomic mass is 10.1. The second-order valence-corrected chi connectivity index (χ2v) is 2.95. The van der Waals surface area contributed by atoms with E-state index in [9.17, 15) is 9.59 Å². The van der Waals surface area contributed by atoms with Gasteiger partial charge in [0.15, 0.2) is 0 Å². The molecule has 12 heavy (non-hydrogen) atoms. The quantitative estimate of drug-likeness (QED) is 0.575. The zero-order valence-electron chi connectivity index (χ0n) is 7.30. The molecule has 0 unspecified atom stereocenters. The minimum absolute atomic E-state index is 0.0264. The molecule has 0 spiro atoms. The molecule has 1 N–H and O–H groups in total. The fourth-order valence-corrected chi connectivity index (χ4v) is 1.24. The predicted molar refractivity (Wildman–Crippen MR) is 44.7 cm³/mol. The number of amides is 1. The maximum absolute atomic E-state index is 11.2. The van der Waals surface area contributed by atoms with Crippen LogP contribution in [0.5, 0.6) is 0 Å². The van der Waals surface area contributed by atoms with Crippen molar-refractivity contribution >= 4 is 11.7 Å². The van der Waals surface area contributed by atoms with Crippen LogP contribution in [0, 0.1) is 0 Å². The molecule has 1 aliphatic heterocycles. The van der Waals surface area contributed by atoms with Gasteiger partial charge in [0.25, 0.3) is 0 Å². The number of nitrogens with one attached hydrogen (secondary N) is 1. The van der Waals surface area contributed by atoms with Gasteiger partial charge in [-0.05, 0) is 7.05 Å². The van der Waals surface area contributed by atoms with Crippen molar-refractivity contribution in [3.05, 3.63) is 0 Å². The Balaban J connectivity index is 2.35. The van der Waals surface area contributed by atoms with E-state index in [4.69, 9.17) is 0 Å². The first kappa shape index (κ1) is 9.19. The smallest absolute Gasteiger partial charge is 0.230 e. The Hall–Kier alpha value is -0.900. The molecule has 4 nitrogen and oxygen atoms in total. The van der Waals surface area contributed by atoms with Crippen molar-refractivity contribution in [1.29, 1.82) is 0 Å². The normalized spacial score (nSPS) is 18.6. The molecule has 1 fully saturated rings. The summed E-state index contributed by atoms with van der Waals surface area (Å²) in [5, 5.41) is 2.97. The highest BCUT2D eigenvalue weighted by Crippen LogP contribution is 2.05. The van der Waals surface area contributed by atoms with Gasteiger partial charge in [-0.1, -0.05) is 0 Å². The summed E-state index contributed by atoms with van der Waals surface area (Å²) in [5.41, 5.74) is 0. The summed E-state index contributed by atoms with van der Waals surface area (Å²) in [5.74, 6) is 0.0437. The van der Waals surface area contributed by atoms with Crippen molar-refractivity contribution in [2.45, 2.75) is 12.8 Å². The Kier molecular flexibility index (Phi) is 3.22. The number of hydrogen-bond acceptors (Lipinski definition) is 3. The average molecular weight is 170 g/mol. The van der Waals surface area contributed by atoms with Gasteiger partial charge in [-0.15, -0.1) is 0 Å². The molecule has 1 rings (SSSR count). The van der Waals surface area contributed by atoms with E-state index in [0.717, 1.165) is 6.54 Å². The maximum atomic E-state index is 11.2. The molecular weight excluding hydrogens is 156 g/mol. The fourth-order valence-electron chi connectivity index (χ4n) is 1.24. The van der Waals surface area contributed by atoms with E-state index in [0.29, 0.717) is 19.5 Å². The second-order valence-electron chi connectivity index (χ2n) is 2.95. The van der Waals surface area contributed by atoms with Gasteiger partial charge in [-0.2, -0.15) is 0 Å². The fraction of sp³-hybridized carbons (Fsp3) is 0.750. The van der Waals surface area contributed by atoms with Gasteiger partial charge in [0.1, 0.15) is 5.78 Å². The zero-order chi connectivity index (χ0) is 8.97. The topological polar surface area (TPSA) is 49.4 Å². The van der Waals surface area contributed by atoms with Crippen LogP contribution in [0.4, 0.5) is 0 Å². The van der Waals surface area contributed by atoms with Crippen molar-refractivity contribution in [1.82, 2.24) is 10.2 Å². The first-order chi connectivity index (χ1) is 5.74. The van der Waals surface area contributed by atoms with Crippen molar-refractivity contribution in [2.24, 2.45) is 0 Å². The van der Waals surface area contributed by atoms with Crippen LogP contribution in [0.2, 0.25) is 0 Å². The number of piperidine rings is 1. The zero-order valence-corrected chi connectivity index (χ0v) is 7.30. The Morgan fingerprint density at radius 3 is 2.83 bits per heavy atom. The van der Waals surface area contributed by atoms with Gasteiger partial charge in [0.2, 0.25) is 5.91 Å². The van der Waals surface area contributed by atoms with E-state index in [2.05, 4.69) is 5.32 Å². The molecule has 0 atom stereocenters. The molecule has 1 amide bonds. The predicted octanol–water partition coefficient (Wildman–Crippen LogP) is -0.603. The number of ketones is 1. The highest BCUT2D eigenvalue weighted by Gasteiger charge is 2.22. The first-order valence-electron chi connectivity index (χ1n) is 4.18. The Bertz CT molecular complexity index is 191. The summed E-state index contributed by atoms with van der Waals surface area (Å²) in [7, 11) is 1.85. The number of carbonyl (C=O) groups excluding carboxylic acids is 2. The van der Waals surface area contributed by atoms with E-state index >= 15 is 0 Å². The largest absolute Gasteiger partial charge is 0.341 e. The van der Waals surface area contributed by atoms with Crippen LogP contribution in [0.15, 0.2) is 0 Å². The molecular formula is C8H14N2O2. The highest BCUT2D eigenvalue weighted by molar-refractivity contribution is 6.00. The molecule has 0 bridgehead atoms. The van der Waals surface area contributed by atoms with E-state index in [1.54, 1.807) is 4.90 Å². The molecule has 0 saturated carbocycles. The van der Waals surface area contributed by atoms with E-state index in [1.165, 1.54) is 0 Å². The number of likely N-dealkylation sites (tertiary alicyclic amines) is 1. The van der Waals surface area contributed by atoms with Crippen LogP contribution >= 0.6 is 0 Å². The number of rotatable bonds is 3. The summed E-state index contributed by atoms with van der Waals surface area (Å²) in [6, 6.07) is 0. The van der Waals surface area contributed by atoms with Crippen LogP contribution in [-0.4, -0.2) is 43.3 Å². The van der Waals surface area contributed by atoms with Gasteiger partial charge >= 0.3 is 0 Å². The summed E-state index contributed by atoms with van der Waals surface area (Å²) in [4.78, 5) is 23.8. The molecule has 0 aromatic carbocycles. The molecule has 0 radical (unpaired) electrons.